The minimum atomic E-state index is 0. The maximum absolute atomic E-state index is 6.06. The van der Waals surface area contributed by atoms with Crippen LogP contribution >= 0.6 is 35.6 Å². The van der Waals surface area contributed by atoms with Gasteiger partial charge in [-0.25, -0.2) is 0 Å². The van der Waals surface area contributed by atoms with E-state index in [0.717, 1.165) is 19.6 Å². The summed E-state index contributed by atoms with van der Waals surface area (Å²) in [7, 11) is 0. The molecule has 2 rings (SSSR count). The monoisotopic (exact) mass is 338 g/mol. The molecule has 3 nitrogen and oxygen atoms in total. The van der Waals surface area contributed by atoms with Gasteiger partial charge in [-0.2, -0.15) is 0 Å². The number of ether oxygens (including phenoxy) is 1. The molecule has 1 aliphatic heterocycles. The van der Waals surface area contributed by atoms with Gasteiger partial charge in [-0.05, 0) is 32.0 Å². The molecule has 0 spiro atoms. The van der Waals surface area contributed by atoms with Crippen LogP contribution < -0.4 is 10.1 Å². The van der Waals surface area contributed by atoms with Crippen molar-refractivity contribution >= 4 is 35.6 Å². The van der Waals surface area contributed by atoms with Crippen molar-refractivity contribution in [1.29, 1.82) is 0 Å². The molecule has 1 N–H and O–H groups in total. The van der Waals surface area contributed by atoms with Gasteiger partial charge in [0.2, 0.25) is 0 Å². The first-order valence-corrected chi connectivity index (χ1v) is 7.36. The highest BCUT2D eigenvalue weighted by Crippen LogP contribution is 2.27. The summed E-state index contributed by atoms with van der Waals surface area (Å²) >= 11 is 11.9. The second-order valence-electron chi connectivity index (χ2n) is 5.15. The molecule has 0 amide bonds. The molecule has 0 bridgehead atoms. The van der Waals surface area contributed by atoms with E-state index >= 15 is 0 Å². The number of nitrogens with zero attached hydrogens (tertiary/aromatic N) is 1. The quantitative estimate of drug-likeness (QED) is 0.909. The summed E-state index contributed by atoms with van der Waals surface area (Å²) in [6.45, 7) is 8.08. The highest BCUT2D eigenvalue weighted by Gasteiger charge is 2.20. The van der Waals surface area contributed by atoms with Crippen molar-refractivity contribution in [2.45, 2.75) is 25.9 Å². The molecular formula is C14H21Cl3N2O. The van der Waals surface area contributed by atoms with Crippen LogP contribution in [-0.4, -0.2) is 43.2 Å². The zero-order valence-electron chi connectivity index (χ0n) is 11.7. The third-order valence-electron chi connectivity index (χ3n) is 3.19. The van der Waals surface area contributed by atoms with Crippen LogP contribution in [0, 0.1) is 0 Å². The molecule has 0 aliphatic carbocycles. The van der Waals surface area contributed by atoms with E-state index in [0.29, 0.717) is 34.5 Å². The minimum absolute atomic E-state index is 0. The van der Waals surface area contributed by atoms with Gasteiger partial charge in [-0.1, -0.05) is 23.2 Å². The Kier molecular flexibility index (Phi) is 7.41. The zero-order valence-corrected chi connectivity index (χ0v) is 14.1. The molecule has 1 aromatic carbocycles. The molecule has 1 saturated heterocycles. The lowest BCUT2D eigenvalue weighted by Crippen LogP contribution is -2.54. The molecular weight excluding hydrogens is 319 g/mol. The zero-order chi connectivity index (χ0) is 13.8. The van der Waals surface area contributed by atoms with Crippen LogP contribution in [0.25, 0.3) is 0 Å². The maximum Gasteiger partial charge on any atom is 0.138 e. The Bertz CT molecular complexity index is 421. The van der Waals surface area contributed by atoms with Crippen molar-refractivity contribution in [3.63, 3.8) is 0 Å². The Hall–Kier alpha value is -0.190. The minimum Gasteiger partial charge on any atom is -0.491 e. The van der Waals surface area contributed by atoms with E-state index in [2.05, 4.69) is 24.1 Å². The molecule has 2 unspecified atom stereocenters. The first kappa shape index (κ1) is 17.9. The predicted molar refractivity (Wildman–Crippen MR) is 87.7 cm³/mol. The highest BCUT2D eigenvalue weighted by molar-refractivity contribution is 6.35. The second kappa shape index (κ2) is 8.30. The van der Waals surface area contributed by atoms with Crippen molar-refractivity contribution in [1.82, 2.24) is 10.2 Å². The summed E-state index contributed by atoms with van der Waals surface area (Å²) in [4.78, 5) is 2.41. The number of halogens is 3. The Morgan fingerprint density at radius 1 is 1.25 bits per heavy atom. The third-order valence-corrected chi connectivity index (χ3v) is 3.72. The third kappa shape index (κ3) is 5.30. The van der Waals surface area contributed by atoms with Crippen LogP contribution in [0.5, 0.6) is 5.75 Å². The standard InChI is InChI=1S/C14H20Cl2N2O.ClH/c1-10-8-18(9-11(2)17-10)5-6-19-14-4-3-12(15)7-13(14)16;/h3-4,7,10-11,17H,5-6,8-9H2,1-2H3;1H. The van der Waals surface area contributed by atoms with Crippen molar-refractivity contribution < 1.29 is 4.74 Å². The molecule has 6 heteroatoms. The number of hydrogen-bond donors (Lipinski definition) is 1. The lowest BCUT2D eigenvalue weighted by molar-refractivity contribution is 0.146. The fraction of sp³-hybridized carbons (Fsp3) is 0.571. The van der Waals surface area contributed by atoms with Crippen LogP contribution in [0.2, 0.25) is 10.0 Å². The first-order chi connectivity index (χ1) is 9.04. The lowest BCUT2D eigenvalue weighted by Gasteiger charge is -2.35. The fourth-order valence-corrected chi connectivity index (χ4v) is 2.96. The molecule has 0 radical (unpaired) electrons. The van der Waals surface area contributed by atoms with Gasteiger partial charge in [-0.15, -0.1) is 12.4 Å². The van der Waals surface area contributed by atoms with Gasteiger partial charge in [0.05, 0.1) is 5.02 Å². The molecule has 0 saturated carbocycles. The average Bonchev–Trinajstić information content (AvgIpc) is 2.30. The SMILES string of the molecule is CC1CN(CCOc2ccc(Cl)cc2Cl)CC(C)N1.Cl. The smallest absolute Gasteiger partial charge is 0.138 e. The van der Waals surface area contributed by atoms with Crippen LogP contribution in [-0.2, 0) is 0 Å². The second-order valence-corrected chi connectivity index (χ2v) is 6.00. The molecule has 1 heterocycles. The summed E-state index contributed by atoms with van der Waals surface area (Å²) in [5.74, 6) is 0.697. The van der Waals surface area contributed by atoms with Gasteiger partial charge in [0.25, 0.3) is 0 Å². The maximum atomic E-state index is 6.06. The topological polar surface area (TPSA) is 24.5 Å². The van der Waals surface area contributed by atoms with Gasteiger partial charge >= 0.3 is 0 Å². The van der Waals surface area contributed by atoms with Crippen molar-refractivity contribution in [3.05, 3.63) is 28.2 Å². The molecule has 1 fully saturated rings. The summed E-state index contributed by atoms with van der Waals surface area (Å²) in [6.07, 6.45) is 0. The number of piperazine rings is 1. The molecule has 1 aromatic rings. The lowest BCUT2D eigenvalue weighted by atomic mass is 10.1. The molecule has 114 valence electrons. The highest BCUT2D eigenvalue weighted by atomic mass is 35.5. The number of benzene rings is 1. The van der Waals surface area contributed by atoms with Gasteiger partial charge in [0.1, 0.15) is 12.4 Å². The fourth-order valence-electron chi connectivity index (χ4n) is 2.50. The molecule has 0 aromatic heterocycles. The normalized spacial score (nSPS) is 23.2. The van der Waals surface area contributed by atoms with Crippen LogP contribution in [0.15, 0.2) is 18.2 Å². The Balaban J connectivity index is 0.00000200. The van der Waals surface area contributed by atoms with Crippen LogP contribution in [0.3, 0.4) is 0 Å². The summed E-state index contributed by atoms with van der Waals surface area (Å²) in [5, 5.41) is 4.71. The summed E-state index contributed by atoms with van der Waals surface area (Å²) in [6, 6.07) is 6.37. The molecule has 1 aliphatic rings. The predicted octanol–water partition coefficient (Wildman–Crippen LogP) is 3.48. The number of rotatable bonds is 4. The summed E-state index contributed by atoms with van der Waals surface area (Å²) in [5.41, 5.74) is 0. The molecule has 2 atom stereocenters. The first-order valence-electron chi connectivity index (χ1n) is 6.61. The van der Waals surface area contributed by atoms with Crippen molar-refractivity contribution in [2.24, 2.45) is 0 Å². The van der Waals surface area contributed by atoms with E-state index in [1.54, 1.807) is 12.1 Å². The van der Waals surface area contributed by atoms with E-state index in [9.17, 15) is 0 Å². The van der Waals surface area contributed by atoms with E-state index in [4.69, 9.17) is 27.9 Å². The van der Waals surface area contributed by atoms with Crippen molar-refractivity contribution in [3.8, 4) is 5.75 Å². The van der Waals surface area contributed by atoms with E-state index in [-0.39, 0.29) is 12.4 Å². The van der Waals surface area contributed by atoms with Gasteiger partial charge < -0.3 is 10.1 Å². The molecule has 20 heavy (non-hydrogen) atoms. The Morgan fingerprint density at radius 3 is 2.50 bits per heavy atom. The number of hydrogen-bond acceptors (Lipinski definition) is 3. The largest absolute Gasteiger partial charge is 0.491 e. The van der Waals surface area contributed by atoms with Crippen LogP contribution in [0.4, 0.5) is 0 Å². The van der Waals surface area contributed by atoms with Crippen LogP contribution in [0.1, 0.15) is 13.8 Å². The van der Waals surface area contributed by atoms with Gasteiger partial charge in [0.15, 0.2) is 0 Å². The Morgan fingerprint density at radius 2 is 1.90 bits per heavy atom. The number of nitrogens with one attached hydrogen (secondary N) is 1. The van der Waals surface area contributed by atoms with Gasteiger partial charge in [-0.3, -0.25) is 4.90 Å². The van der Waals surface area contributed by atoms with E-state index in [1.807, 2.05) is 6.07 Å². The summed E-state index contributed by atoms with van der Waals surface area (Å²) < 4.78 is 5.71. The van der Waals surface area contributed by atoms with E-state index in [1.165, 1.54) is 0 Å². The van der Waals surface area contributed by atoms with Crippen molar-refractivity contribution in [2.75, 3.05) is 26.2 Å². The Labute approximate surface area is 137 Å². The average molecular weight is 340 g/mol. The van der Waals surface area contributed by atoms with Gasteiger partial charge in [0, 0.05) is 36.7 Å². The van der Waals surface area contributed by atoms with E-state index < -0.39 is 0 Å².